The zero-order chi connectivity index (χ0) is 71.2. The first-order valence-corrected chi connectivity index (χ1v) is 43.7. The second-order valence-electron chi connectivity index (χ2n) is 28.3. The summed E-state index contributed by atoms with van der Waals surface area (Å²) in [6, 6.07) is 0. The Morgan fingerprint density at radius 3 is 0.732 bits per heavy atom. The number of hydrogen-bond acceptors (Lipinski definition) is 15. The first-order chi connectivity index (χ1) is 47.1. The summed E-state index contributed by atoms with van der Waals surface area (Å²) in [5, 5.41) is 10.6. The summed E-state index contributed by atoms with van der Waals surface area (Å²) in [5.74, 6) is -1.34. The molecule has 3 N–H and O–H groups in total. The molecule has 0 aliphatic rings. The number of ether oxygens (including phenoxy) is 4. The molecule has 0 bridgehead atoms. The van der Waals surface area contributed by atoms with Gasteiger partial charge in [0.05, 0.1) is 26.4 Å². The normalized spacial score (nSPS) is 14.2. The minimum atomic E-state index is -4.96. The molecule has 0 radical (unpaired) electrons. The lowest BCUT2D eigenvalue weighted by Gasteiger charge is -2.21. The fraction of sp³-hybridized carbons (Fsp3) is 0.949. The predicted molar refractivity (Wildman–Crippen MR) is 395 cm³/mol. The van der Waals surface area contributed by atoms with Crippen LogP contribution in [0.2, 0.25) is 0 Å². The Hall–Kier alpha value is -1.94. The SMILES string of the molecule is CCCCCCCCCCCCCCCCCCCC(=O)OC[C@H](COP(=O)(O)OC[C@@H](O)COP(=O)(O)OC[C@@H](COC(=O)CCCCCCCCCCCCC)OC(=O)CCCCCCCCCCC(C)CC)OC(=O)CCCCCCCCCCCCCCCCCCC. The maximum Gasteiger partial charge on any atom is 0.472 e. The molecule has 0 saturated heterocycles. The third-order valence-corrected chi connectivity index (χ3v) is 20.5. The Kier molecular flexibility index (Phi) is 69.6. The summed E-state index contributed by atoms with van der Waals surface area (Å²) in [4.78, 5) is 72.9. The van der Waals surface area contributed by atoms with E-state index in [1.54, 1.807) is 0 Å². The molecule has 576 valence electrons. The summed E-state index contributed by atoms with van der Waals surface area (Å²) >= 11 is 0. The van der Waals surface area contributed by atoms with Crippen LogP contribution in [-0.2, 0) is 65.4 Å². The molecule has 0 aliphatic carbocycles. The number of esters is 4. The molecule has 0 saturated carbocycles. The van der Waals surface area contributed by atoms with Crippen molar-refractivity contribution in [3.05, 3.63) is 0 Å². The first kappa shape index (κ1) is 95.1. The molecule has 0 rings (SSSR count). The van der Waals surface area contributed by atoms with Gasteiger partial charge in [-0.05, 0) is 31.6 Å². The highest BCUT2D eigenvalue weighted by Crippen LogP contribution is 2.45. The number of rotatable bonds is 78. The number of unbranched alkanes of at least 4 members (excludes halogenated alkanes) is 49. The van der Waals surface area contributed by atoms with E-state index in [4.69, 9.17) is 37.0 Å². The van der Waals surface area contributed by atoms with Gasteiger partial charge in [0.1, 0.15) is 19.3 Å². The van der Waals surface area contributed by atoms with Gasteiger partial charge in [0.15, 0.2) is 12.2 Å². The number of aliphatic hydroxyl groups is 1. The van der Waals surface area contributed by atoms with Crippen molar-refractivity contribution in [3.63, 3.8) is 0 Å². The van der Waals surface area contributed by atoms with Crippen molar-refractivity contribution < 1.29 is 80.2 Å². The Morgan fingerprint density at radius 1 is 0.289 bits per heavy atom. The van der Waals surface area contributed by atoms with Gasteiger partial charge in [-0.1, -0.05) is 362 Å². The van der Waals surface area contributed by atoms with E-state index in [0.717, 1.165) is 95.8 Å². The zero-order valence-corrected chi connectivity index (χ0v) is 65.0. The number of hydrogen-bond donors (Lipinski definition) is 3. The molecule has 0 amide bonds. The van der Waals surface area contributed by atoms with Crippen LogP contribution in [0.15, 0.2) is 0 Å². The minimum absolute atomic E-state index is 0.106. The van der Waals surface area contributed by atoms with Crippen LogP contribution in [0.25, 0.3) is 0 Å². The van der Waals surface area contributed by atoms with Gasteiger partial charge >= 0.3 is 39.5 Å². The average molecular weight is 1420 g/mol. The van der Waals surface area contributed by atoms with Crippen LogP contribution in [0.1, 0.15) is 413 Å². The topological polar surface area (TPSA) is 237 Å². The van der Waals surface area contributed by atoms with Crippen molar-refractivity contribution in [1.82, 2.24) is 0 Å². The molecule has 17 nitrogen and oxygen atoms in total. The highest BCUT2D eigenvalue weighted by atomic mass is 31.2. The van der Waals surface area contributed by atoms with E-state index in [1.165, 1.54) is 238 Å². The van der Waals surface area contributed by atoms with E-state index < -0.39 is 97.5 Å². The molecule has 0 heterocycles. The Balaban J connectivity index is 5.24. The molecule has 0 aromatic rings. The van der Waals surface area contributed by atoms with Crippen molar-refractivity contribution in [2.24, 2.45) is 5.92 Å². The highest BCUT2D eigenvalue weighted by Gasteiger charge is 2.30. The van der Waals surface area contributed by atoms with Gasteiger partial charge in [0.2, 0.25) is 0 Å². The highest BCUT2D eigenvalue weighted by molar-refractivity contribution is 7.47. The number of aliphatic hydroxyl groups excluding tert-OH is 1. The summed E-state index contributed by atoms with van der Waals surface area (Å²) in [5.41, 5.74) is 0. The second-order valence-corrected chi connectivity index (χ2v) is 31.3. The average Bonchev–Trinajstić information content (AvgIpc) is 1.11. The molecule has 0 spiro atoms. The van der Waals surface area contributed by atoms with E-state index >= 15 is 0 Å². The van der Waals surface area contributed by atoms with Crippen LogP contribution in [0.5, 0.6) is 0 Å². The molecule has 0 fully saturated rings. The lowest BCUT2D eigenvalue weighted by Crippen LogP contribution is -2.30. The van der Waals surface area contributed by atoms with Crippen molar-refractivity contribution in [2.75, 3.05) is 39.6 Å². The van der Waals surface area contributed by atoms with Crippen molar-refractivity contribution in [2.45, 2.75) is 432 Å². The van der Waals surface area contributed by atoms with Gasteiger partial charge in [0.25, 0.3) is 0 Å². The molecule has 3 unspecified atom stereocenters. The number of phosphoric ester groups is 2. The summed E-state index contributed by atoms with van der Waals surface area (Å²) in [7, 11) is -9.91. The van der Waals surface area contributed by atoms with E-state index in [2.05, 4.69) is 34.6 Å². The van der Waals surface area contributed by atoms with Crippen LogP contribution in [0, 0.1) is 5.92 Å². The van der Waals surface area contributed by atoms with Crippen LogP contribution in [-0.4, -0.2) is 96.7 Å². The zero-order valence-electron chi connectivity index (χ0n) is 63.2. The molecule has 0 aromatic heterocycles. The van der Waals surface area contributed by atoms with Crippen LogP contribution in [0.3, 0.4) is 0 Å². The van der Waals surface area contributed by atoms with E-state index in [9.17, 15) is 43.2 Å². The molecule has 97 heavy (non-hydrogen) atoms. The van der Waals surface area contributed by atoms with E-state index in [-0.39, 0.29) is 25.7 Å². The molecular weight excluding hydrogens is 1270 g/mol. The molecule has 19 heteroatoms. The van der Waals surface area contributed by atoms with Gasteiger partial charge in [-0.25, -0.2) is 9.13 Å². The molecular formula is C78H152O17P2. The fourth-order valence-corrected chi connectivity index (χ4v) is 13.6. The predicted octanol–water partition coefficient (Wildman–Crippen LogP) is 23.3. The van der Waals surface area contributed by atoms with Gasteiger partial charge < -0.3 is 33.8 Å². The van der Waals surface area contributed by atoms with Crippen LogP contribution < -0.4 is 0 Å². The Labute approximate surface area is 594 Å². The van der Waals surface area contributed by atoms with Gasteiger partial charge in [-0.3, -0.25) is 37.3 Å². The first-order valence-electron chi connectivity index (χ1n) is 40.7. The van der Waals surface area contributed by atoms with Crippen molar-refractivity contribution >= 4 is 39.5 Å². The largest absolute Gasteiger partial charge is 0.472 e. The maximum atomic E-state index is 13.1. The number of carbonyl (C=O) groups is 4. The van der Waals surface area contributed by atoms with Crippen LogP contribution >= 0.6 is 15.6 Å². The van der Waals surface area contributed by atoms with E-state index in [0.29, 0.717) is 25.7 Å². The second kappa shape index (κ2) is 71.1. The monoisotopic (exact) mass is 1420 g/mol. The molecule has 6 atom stereocenters. The molecule has 0 aliphatic heterocycles. The smallest absolute Gasteiger partial charge is 0.462 e. The quantitative estimate of drug-likeness (QED) is 0.0222. The van der Waals surface area contributed by atoms with Crippen molar-refractivity contribution in [3.8, 4) is 0 Å². The van der Waals surface area contributed by atoms with Gasteiger partial charge in [-0.15, -0.1) is 0 Å². The number of carbonyl (C=O) groups excluding carboxylic acids is 4. The van der Waals surface area contributed by atoms with E-state index in [1.807, 2.05) is 0 Å². The third kappa shape index (κ3) is 70.9. The Bertz CT molecular complexity index is 1860. The third-order valence-electron chi connectivity index (χ3n) is 18.6. The maximum absolute atomic E-state index is 13.1. The lowest BCUT2D eigenvalue weighted by atomic mass is 9.99. The minimum Gasteiger partial charge on any atom is -0.462 e. The summed E-state index contributed by atoms with van der Waals surface area (Å²) in [6.45, 7) is 7.31. The Morgan fingerprint density at radius 2 is 0.495 bits per heavy atom. The summed E-state index contributed by atoms with van der Waals surface area (Å²) in [6.07, 6.45) is 60.9. The van der Waals surface area contributed by atoms with Crippen LogP contribution in [0.4, 0.5) is 0 Å². The lowest BCUT2D eigenvalue weighted by molar-refractivity contribution is -0.161. The number of phosphoric acid groups is 2. The van der Waals surface area contributed by atoms with Crippen molar-refractivity contribution in [1.29, 1.82) is 0 Å². The fourth-order valence-electron chi connectivity index (χ4n) is 12.0. The molecule has 0 aromatic carbocycles. The summed E-state index contributed by atoms with van der Waals surface area (Å²) < 4.78 is 68.6. The van der Waals surface area contributed by atoms with Gasteiger partial charge in [0, 0.05) is 25.7 Å². The van der Waals surface area contributed by atoms with Gasteiger partial charge in [-0.2, -0.15) is 0 Å². The standard InChI is InChI=1S/C78H152O17P2/c1-6-10-13-16-19-22-25-27-29-31-33-35-38-41-47-52-57-62-76(81)89-67-73(94-77(82)63-58-53-48-42-39-36-34-32-30-28-26-23-20-17-14-11-7-2)69-92-96(84,85)90-65-72(79)66-91-97(86,87)93-70-74(68-88-75(80)61-56-51-46-40-37-24-21-18-15-12-8-3)95-78(83)64-59-54-49-44-43-45-50-55-60-71(5)9-4/h71-74,79H,6-70H2,1-5H3,(H,84,85)(H,86,87)/t71?,72-,73-,74-/m1/s1.